The second-order valence-corrected chi connectivity index (χ2v) is 5.30. The van der Waals surface area contributed by atoms with E-state index in [4.69, 9.17) is 0 Å². The fraction of sp³-hybridized carbons (Fsp3) is 0.308. The summed E-state index contributed by atoms with van der Waals surface area (Å²) in [6, 6.07) is 6.14. The van der Waals surface area contributed by atoms with Gasteiger partial charge in [0.1, 0.15) is 5.82 Å². The first kappa shape index (κ1) is 16.3. The first-order chi connectivity index (χ1) is 10.4. The zero-order valence-corrected chi connectivity index (χ0v) is 12.4. The molecule has 5 nitrogen and oxygen atoms in total. The van der Waals surface area contributed by atoms with Gasteiger partial charge in [-0.1, -0.05) is 30.8 Å². The van der Waals surface area contributed by atoms with E-state index in [0.29, 0.717) is 10.9 Å². The first-order valence-electron chi connectivity index (χ1n) is 6.39. The van der Waals surface area contributed by atoms with Gasteiger partial charge in [-0.25, -0.2) is 4.98 Å². The second kappa shape index (κ2) is 6.82. The van der Waals surface area contributed by atoms with Gasteiger partial charge in [-0.3, -0.25) is 9.89 Å². The number of carbonyl (C=O) groups is 1. The molecule has 0 bridgehead atoms. The van der Waals surface area contributed by atoms with Crippen LogP contribution in [0.1, 0.15) is 18.3 Å². The van der Waals surface area contributed by atoms with Gasteiger partial charge in [0.25, 0.3) is 0 Å². The fourth-order valence-electron chi connectivity index (χ4n) is 1.53. The molecular formula is C13H13F3N4OS. The fourth-order valence-corrected chi connectivity index (χ4v) is 2.31. The molecule has 0 fully saturated rings. The highest BCUT2D eigenvalue weighted by Crippen LogP contribution is 2.22. The minimum absolute atomic E-state index is 0.0993. The molecule has 0 spiro atoms. The molecule has 0 atom stereocenters. The summed E-state index contributed by atoms with van der Waals surface area (Å²) < 4.78 is 36.4. The molecule has 0 saturated carbocycles. The molecule has 0 aliphatic heterocycles. The number of hydrogen-bond donors (Lipinski definition) is 2. The van der Waals surface area contributed by atoms with E-state index in [1.165, 1.54) is 23.9 Å². The lowest BCUT2D eigenvalue weighted by molar-refractivity contribution is -0.167. The molecule has 22 heavy (non-hydrogen) atoms. The van der Waals surface area contributed by atoms with E-state index < -0.39 is 12.1 Å². The summed E-state index contributed by atoms with van der Waals surface area (Å²) in [5.74, 6) is -0.607. The largest absolute Gasteiger partial charge is 0.471 e. The number of nitrogens with one attached hydrogen (secondary N) is 2. The summed E-state index contributed by atoms with van der Waals surface area (Å²) in [5, 5.41) is 9.24. The number of hydrogen-bond acceptors (Lipinski definition) is 4. The van der Waals surface area contributed by atoms with Crippen LogP contribution < -0.4 is 5.32 Å². The Morgan fingerprint density at radius 2 is 2.00 bits per heavy atom. The van der Waals surface area contributed by atoms with Crippen LogP contribution in [-0.4, -0.2) is 27.3 Å². The van der Waals surface area contributed by atoms with Crippen LogP contribution in [0.2, 0.25) is 0 Å². The Hall–Kier alpha value is -2.03. The molecule has 0 saturated heterocycles. The molecule has 2 rings (SSSR count). The number of thioether (sulfide) groups is 1. The van der Waals surface area contributed by atoms with Gasteiger partial charge < -0.3 is 5.32 Å². The Morgan fingerprint density at radius 1 is 1.32 bits per heavy atom. The molecule has 9 heteroatoms. The van der Waals surface area contributed by atoms with Crippen molar-refractivity contribution in [2.24, 2.45) is 0 Å². The van der Waals surface area contributed by atoms with Crippen molar-refractivity contribution in [2.45, 2.75) is 30.4 Å². The smallest absolute Gasteiger partial charge is 0.318 e. The molecule has 2 aromatic rings. The Balaban J connectivity index is 1.90. The summed E-state index contributed by atoms with van der Waals surface area (Å²) in [5.41, 5.74) is 0.986. The van der Waals surface area contributed by atoms with Crippen LogP contribution in [0.5, 0.6) is 0 Å². The van der Waals surface area contributed by atoms with Crippen molar-refractivity contribution in [1.82, 2.24) is 15.2 Å². The van der Waals surface area contributed by atoms with E-state index in [-0.39, 0.29) is 5.69 Å². The number of nitrogens with zero attached hydrogens (tertiary/aromatic N) is 2. The Kier molecular flexibility index (Phi) is 5.07. The maximum Gasteiger partial charge on any atom is 0.471 e. The van der Waals surface area contributed by atoms with Gasteiger partial charge in [0.15, 0.2) is 0 Å². The molecule has 0 aliphatic carbocycles. The quantitative estimate of drug-likeness (QED) is 0.826. The van der Waals surface area contributed by atoms with Crippen LogP contribution in [0.25, 0.3) is 0 Å². The lowest BCUT2D eigenvalue weighted by atomic mass is 10.2. The number of carbonyl (C=O) groups excluding carboxylic acids is 1. The number of amides is 1. The number of halogens is 3. The zero-order chi connectivity index (χ0) is 16.2. The molecule has 1 aromatic carbocycles. The molecule has 0 radical (unpaired) electrons. The van der Waals surface area contributed by atoms with Crippen LogP contribution in [0.15, 0.2) is 29.4 Å². The van der Waals surface area contributed by atoms with Crippen molar-refractivity contribution in [3.05, 3.63) is 35.7 Å². The van der Waals surface area contributed by atoms with Gasteiger partial charge in [-0.15, -0.1) is 5.10 Å². The van der Waals surface area contributed by atoms with Gasteiger partial charge in [0.05, 0.1) is 0 Å². The van der Waals surface area contributed by atoms with Crippen molar-refractivity contribution in [3.63, 3.8) is 0 Å². The minimum Gasteiger partial charge on any atom is -0.318 e. The number of aromatic amines is 1. The average molecular weight is 330 g/mol. The van der Waals surface area contributed by atoms with Crippen molar-refractivity contribution >= 4 is 23.4 Å². The van der Waals surface area contributed by atoms with Gasteiger partial charge in [0.2, 0.25) is 5.16 Å². The van der Waals surface area contributed by atoms with Crippen LogP contribution in [0.3, 0.4) is 0 Å². The third-order valence-corrected chi connectivity index (χ3v) is 3.60. The third kappa shape index (κ3) is 4.48. The number of H-pyrrole nitrogens is 1. The standard InChI is InChI=1S/C13H13F3N4OS/c1-2-10-18-12(20-19-10)22-7-8-3-5-9(6-4-8)17-11(21)13(14,15)16/h3-6H,2,7H2,1H3,(H,17,21)(H,18,19,20). The minimum atomic E-state index is -4.89. The van der Waals surface area contributed by atoms with Crippen molar-refractivity contribution in [2.75, 3.05) is 5.32 Å². The normalized spacial score (nSPS) is 11.5. The summed E-state index contributed by atoms with van der Waals surface area (Å²) in [6.45, 7) is 1.96. The van der Waals surface area contributed by atoms with E-state index in [1.807, 2.05) is 6.92 Å². The van der Waals surface area contributed by atoms with Gasteiger partial charge in [-0.05, 0) is 17.7 Å². The Morgan fingerprint density at radius 3 is 2.55 bits per heavy atom. The summed E-state index contributed by atoms with van der Waals surface area (Å²) >= 11 is 1.41. The summed E-state index contributed by atoms with van der Waals surface area (Å²) in [7, 11) is 0. The topological polar surface area (TPSA) is 70.7 Å². The zero-order valence-electron chi connectivity index (χ0n) is 11.6. The van der Waals surface area contributed by atoms with E-state index >= 15 is 0 Å². The van der Waals surface area contributed by atoms with Crippen LogP contribution in [0, 0.1) is 0 Å². The van der Waals surface area contributed by atoms with Gasteiger partial charge >= 0.3 is 12.1 Å². The second-order valence-electron chi connectivity index (χ2n) is 4.36. The molecule has 1 amide bonds. The number of anilines is 1. The van der Waals surface area contributed by atoms with Crippen LogP contribution in [-0.2, 0) is 17.0 Å². The maximum atomic E-state index is 12.1. The lowest BCUT2D eigenvalue weighted by Crippen LogP contribution is -2.29. The van der Waals surface area contributed by atoms with E-state index in [2.05, 4.69) is 15.2 Å². The highest BCUT2D eigenvalue weighted by molar-refractivity contribution is 7.98. The molecule has 118 valence electrons. The molecule has 0 unspecified atom stereocenters. The van der Waals surface area contributed by atoms with Crippen molar-refractivity contribution < 1.29 is 18.0 Å². The maximum absolute atomic E-state index is 12.1. The third-order valence-electron chi connectivity index (χ3n) is 2.68. The highest BCUT2D eigenvalue weighted by Gasteiger charge is 2.38. The monoisotopic (exact) mass is 330 g/mol. The molecule has 0 aliphatic rings. The van der Waals surface area contributed by atoms with Crippen LogP contribution in [0.4, 0.5) is 18.9 Å². The SMILES string of the molecule is CCc1nc(SCc2ccc(NC(=O)C(F)(F)F)cc2)n[nH]1. The number of benzene rings is 1. The van der Waals surface area contributed by atoms with Gasteiger partial charge in [-0.2, -0.15) is 13.2 Å². The predicted molar refractivity (Wildman–Crippen MR) is 76.4 cm³/mol. The first-order valence-corrected chi connectivity index (χ1v) is 7.38. The molecular weight excluding hydrogens is 317 g/mol. The van der Waals surface area contributed by atoms with Crippen molar-refractivity contribution in [3.8, 4) is 0 Å². The Labute approximate surface area is 128 Å². The number of rotatable bonds is 5. The van der Waals surface area contributed by atoms with Crippen molar-refractivity contribution in [1.29, 1.82) is 0 Å². The summed E-state index contributed by atoms with van der Waals surface area (Å²) in [4.78, 5) is 15.0. The number of alkyl halides is 3. The predicted octanol–water partition coefficient (Wildman–Crippen LogP) is 3.16. The molecule has 1 heterocycles. The van der Waals surface area contributed by atoms with E-state index in [0.717, 1.165) is 17.8 Å². The van der Waals surface area contributed by atoms with Crippen LogP contribution >= 0.6 is 11.8 Å². The number of aromatic nitrogens is 3. The van der Waals surface area contributed by atoms with E-state index in [1.54, 1.807) is 17.4 Å². The van der Waals surface area contributed by atoms with E-state index in [9.17, 15) is 18.0 Å². The summed E-state index contributed by atoms with van der Waals surface area (Å²) in [6.07, 6.45) is -4.13. The molecule has 1 aromatic heterocycles. The number of aryl methyl sites for hydroxylation is 1. The average Bonchev–Trinajstić information content (AvgIpc) is 2.93. The Bertz CT molecular complexity index is 639. The molecule has 2 N–H and O–H groups in total. The lowest BCUT2D eigenvalue weighted by Gasteiger charge is -2.08. The van der Waals surface area contributed by atoms with Gasteiger partial charge in [0, 0.05) is 17.9 Å². The highest BCUT2D eigenvalue weighted by atomic mass is 32.2.